The van der Waals surface area contributed by atoms with Crippen molar-refractivity contribution in [2.45, 2.75) is 33.3 Å². The van der Waals surface area contributed by atoms with E-state index in [2.05, 4.69) is 0 Å². The standard InChI is InChI=1S/C8H15NO2S/c1-5-12-6(9)7(10)11-8(2,3)4/h9H,5H2,1-4H3. The predicted octanol–water partition coefficient (Wildman–Crippen LogP) is 2.06. The lowest BCUT2D eigenvalue weighted by atomic mass is 10.2. The van der Waals surface area contributed by atoms with Crippen LogP contribution in [0.1, 0.15) is 27.7 Å². The zero-order chi connectivity index (χ0) is 9.78. The summed E-state index contributed by atoms with van der Waals surface area (Å²) in [6.45, 7) is 7.25. The number of esters is 1. The number of hydrogen-bond donors (Lipinski definition) is 1. The Morgan fingerprint density at radius 3 is 2.33 bits per heavy atom. The zero-order valence-corrected chi connectivity index (χ0v) is 8.75. The molecule has 0 unspecified atom stereocenters. The summed E-state index contributed by atoms with van der Waals surface area (Å²) < 4.78 is 4.97. The Hall–Kier alpha value is -0.510. The number of ether oxygens (including phenoxy) is 1. The summed E-state index contributed by atoms with van der Waals surface area (Å²) in [4.78, 5) is 11.1. The van der Waals surface area contributed by atoms with Gasteiger partial charge in [-0.05, 0) is 26.5 Å². The van der Waals surface area contributed by atoms with E-state index < -0.39 is 11.6 Å². The first kappa shape index (κ1) is 11.5. The number of carbonyl (C=O) groups is 1. The molecule has 0 fully saturated rings. The van der Waals surface area contributed by atoms with Gasteiger partial charge in [-0.1, -0.05) is 18.7 Å². The summed E-state index contributed by atoms with van der Waals surface area (Å²) in [5, 5.41) is 7.24. The topological polar surface area (TPSA) is 50.2 Å². The Labute approximate surface area is 77.4 Å². The van der Waals surface area contributed by atoms with Crippen molar-refractivity contribution in [3.63, 3.8) is 0 Å². The van der Waals surface area contributed by atoms with Crippen molar-refractivity contribution in [2.24, 2.45) is 0 Å². The molecule has 0 bridgehead atoms. The highest BCUT2D eigenvalue weighted by atomic mass is 32.2. The molecule has 4 heteroatoms. The van der Waals surface area contributed by atoms with E-state index in [-0.39, 0.29) is 5.04 Å². The molecule has 0 aliphatic rings. The summed E-state index contributed by atoms with van der Waals surface area (Å²) in [6.07, 6.45) is 0. The van der Waals surface area contributed by atoms with E-state index >= 15 is 0 Å². The molecule has 0 saturated heterocycles. The second kappa shape index (κ2) is 4.50. The van der Waals surface area contributed by atoms with Crippen LogP contribution >= 0.6 is 11.8 Å². The van der Waals surface area contributed by atoms with Crippen molar-refractivity contribution < 1.29 is 9.53 Å². The van der Waals surface area contributed by atoms with Crippen molar-refractivity contribution in [1.29, 1.82) is 5.41 Å². The smallest absolute Gasteiger partial charge is 0.363 e. The summed E-state index contributed by atoms with van der Waals surface area (Å²) >= 11 is 1.19. The van der Waals surface area contributed by atoms with E-state index in [4.69, 9.17) is 10.1 Å². The largest absolute Gasteiger partial charge is 0.455 e. The maximum Gasteiger partial charge on any atom is 0.363 e. The average molecular weight is 189 g/mol. The Bertz CT molecular complexity index is 184. The molecule has 0 aliphatic heterocycles. The van der Waals surface area contributed by atoms with Crippen molar-refractivity contribution >= 4 is 22.8 Å². The van der Waals surface area contributed by atoms with Gasteiger partial charge in [-0.15, -0.1) is 0 Å². The van der Waals surface area contributed by atoms with Gasteiger partial charge in [0.1, 0.15) is 5.60 Å². The second-order valence-electron chi connectivity index (χ2n) is 3.26. The highest BCUT2D eigenvalue weighted by Gasteiger charge is 2.19. The summed E-state index contributed by atoms with van der Waals surface area (Å²) in [5.41, 5.74) is -0.502. The molecular weight excluding hydrogens is 174 g/mol. The Kier molecular flexibility index (Phi) is 4.31. The SMILES string of the molecule is CCSC(=N)C(=O)OC(C)(C)C. The molecule has 0 heterocycles. The third-order valence-corrected chi connectivity index (χ3v) is 1.62. The van der Waals surface area contributed by atoms with E-state index in [1.165, 1.54) is 11.8 Å². The van der Waals surface area contributed by atoms with E-state index in [0.717, 1.165) is 5.75 Å². The van der Waals surface area contributed by atoms with Crippen molar-refractivity contribution in [3.05, 3.63) is 0 Å². The van der Waals surface area contributed by atoms with Crippen LogP contribution < -0.4 is 0 Å². The minimum atomic E-state index is -0.533. The first-order valence-corrected chi connectivity index (χ1v) is 4.80. The minimum Gasteiger partial charge on any atom is -0.455 e. The lowest BCUT2D eigenvalue weighted by molar-refractivity contribution is -0.145. The number of thioether (sulfide) groups is 1. The van der Waals surface area contributed by atoms with Gasteiger partial charge in [0.2, 0.25) is 0 Å². The lowest BCUT2D eigenvalue weighted by Crippen LogP contribution is -2.27. The van der Waals surface area contributed by atoms with Crippen LogP contribution in [0.5, 0.6) is 0 Å². The summed E-state index contributed by atoms with van der Waals surface area (Å²) in [6, 6.07) is 0. The van der Waals surface area contributed by atoms with Gasteiger partial charge in [-0.3, -0.25) is 5.41 Å². The van der Waals surface area contributed by atoms with Gasteiger partial charge in [0, 0.05) is 0 Å². The van der Waals surface area contributed by atoms with Gasteiger partial charge in [-0.2, -0.15) is 0 Å². The van der Waals surface area contributed by atoms with E-state index in [0.29, 0.717) is 0 Å². The van der Waals surface area contributed by atoms with Crippen LogP contribution in [0.15, 0.2) is 0 Å². The molecule has 0 aromatic heterocycles. The lowest BCUT2D eigenvalue weighted by Gasteiger charge is -2.19. The van der Waals surface area contributed by atoms with Crippen LogP contribution in [0.2, 0.25) is 0 Å². The average Bonchev–Trinajstić information content (AvgIpc) is 1.84. The monoisotopic (exact) mass is 189 g/mol. The summed E-state index contributed by atoms with van der Waals surface area (Å²) in [7, 11) is 0. The molecule has 3 nitrogen and oxygen atoms in total. The highest BCUT2D eigenvalue weighted by molar-refractivity contribution is 8.15. The molecule has 0 amide bonds. The van der Waals surface area contributed by atoms with Crippen LogP contribution in [0, 0.1) is 5.41 Å². The third-order valence-electron chi connectivity index (χ3n) is 0.873. The number of nitrogens with one attached hydrogen (secondary N) is 1. The first-order chi connectivity index (χ1) is 5.37. The third kappa shape index (κ3) is 5.18. The molecule has 1 N–H and O–H groups in total. The number of hydrogen-bond acceptors (Lipinski definition) is 4. The molecule has 0 radical (unpaired) electrons. The zero-order valence-electron chi connectivity index (χ0n) is 7.93. The Morgan fingerprint density at radius 1 is 1.50 bits per heavy atom. The maximum absolute atomic E-state index is 11.1. The molecule has 0 aliphatic carbocycles. The van der Waals surface area contributed by atoms with Gasteiger partial charge in [-0.25, -0.2) is 4.79 Å². The maximum atomic E-state index is 11.1. The molecule has 0 saturated carbocycles. The molecule has 0 rings (SSSR count). The number of rotatable bonds is 1. The van der Waals surface area contributed by atoms with Gasteiger partial charge >= 0.3 is 5.97 Å². The molecule has 12 heavy (non-hydrogen) atoms. The summed E-state index contributed by atoms with van der Waals surface area (Å²) in [5.74, 6) is 0.187. The van der Waals surface area contributed by atoms with E-state index in [9.17, 15) is 4.79 Å². The van der Waals surface area contributed by atoms with E-state index in [1.54, 1.807) is 20.8 Å². The quantitative estimate of drug-likeness (QED) is 0.390. The predicted molar refractivity (Wildman–Crippen MR) is 51.7 cm³/mol. The van der Waals surface area contributed by atoms with Gasteiger partial charge in [0.15, 0.2) is 5.04 Å². The van der Waals surface area contributed by atoms with Crippen LogP contribution in [0.25, 0.3) is 0 Å². The van der Waals surface area contributed by atoms with Crippen molar-refractivity contribution in [3.8, 4) is 0 Å². The normalized spacial score (nSPS) is 11.0. The number of carbonyl (C=O) groups excluding carboxylic acids is 1. The minimum absolute atomic E-state index is 0.0209. The Balaban J connectivity index is 3.97. The molecule has 0 atom stereocenters. The molecule has 0 aromatic rings. The second-order valence-corrected chi connectivity index (χ2v) is 4.54. The van der Waals surface area contributed by atoms with Crippen LogP contribution in [0.4, 0.5) is 0 Å². The molecule has 70 valence electrons. The van der Waals surface area contributed by atoms with Crippen LogP contribution in [-0.2, 0) is 9.53 Å². The van der Waals surface area contributed by atoms with Gasteiger partial charge in [0.25, 0.3) is 0 Å². The molecule has 0 spiro atoms. The van der Waals surface area contributed by atoms with Crippen LogP contribution in [-0.4, -0.2) is 22.4 Å². The molecular formula is C8H15NO2S. The van der Waals surface area contributed by atoms with E-state index in [1.807, 2.05) is 6.92 Å². The Morgan fingerprint density at radius 2 is 2.00 bits per heavy atom. The fraction of sp³-hybridized carbons (Fsp3) is 0.750. The van der Waals surface area contributed by atoms with Crippen LogP contribution in [0.3, 0.4) is 0 Å². The molecule has 0 aromatic carbocycles. The van der Waals surface area contributed by atoms with Gasteiger partial charge in [0.05, 0.1) is 0 Å². The van der Waals surface area contributed by atoms with Gasteiger partial charge < -0.3 is 4.74 Å². The van der Waals surface area contributed by atoms with Crippen molar-refractivity contribution in [2.75, 3.05) is 5.75 Å². The van der Waals surface area contributed by atoms with Crippen molar-refractivity contribution in [1.82, 2.24) is 0 Å². The highest BCUT2D eigenvalue weighted by Crippen LogP contribution is 2.10. The fourth-order valence-corrected chi connectivity index (χ4v) is 0.976. The fourth-order valence-electron chi connectivity index (χ4n) is 0.528. The first-order valence-electron chi connectivity index (χ1n) is 3.81.